The highest BCUT2D eigenvalue weighted by molar-refractivity contribution is 6.06. The van der Waals surface area contributed by atoms with Crippen LogP contribution in [-0.2, 0) is 4.79 Å². The van der Waals surface area contributed by atoms with Crippen LogP contribution in [-0.4, -0.2) is 17.4 Å². The Bertz CT molecular complexity index is 1260. The van der Waals surface area contributed by atoms with E-state index < -0.39 is 23.2 Å². The Balaban J connectivity index is 1.67. The molecule has 0 aliphatic rings. The van der Waals surface area contributed by atoms with Crippen molar-refractivity contribution in [3.05, 3.63) is 83.6 Å². The van der Waals surface area contributed by atoms with E-state index in [9.17, 15) is 18.4 Å². The number of amides is 1. The number of nitrogens with one attached hydrogen (secondary N) is 2. The van der Waals surface area contributed by atoms with Gasteiger partial charge in [-0.3, -0.25) is 9.59 Å². The highest BCUT2D eigenvalue weighted by atomic mass is 19.1. The first-order valence-corrected chi connectivity index (χ1v) is 9.06. The van der Waals surface area contributed by atoms with Gasteiger partial charge in [-0.1, -0.05) is 18.2 Å². The molecular weight excluding hydrogens is 390 g/mol. The van der Waals surface area contributed by atoms with Crippen molar-refractivity contribution < 1.29 is 23.1 Å². The fourth-order valence-corrected chi connectivity index (χ4v) is 3.29. The fourth-order valence-electron chi connectivity index (χ4n) is 3.29. The molecule has 4 rings (SSSR count). The van der Waals surface area contributed by atoms with Crippen LogP contribution in [0.2, 0.25) is 0 Å². The van der Waals surface area contributed by atoms with E-state index in [1.807, 2.05) is 25.3 Å². The van der Waals surface area contributed by atoms with Crippen LogP contribution in [0.15, 0.2) is 60.8 Å². The molecule has 0 unspecified atom stereocenters. The maximum atomic E-state index is 14.7. The number of carbonyl (C=O) groups is 2. The molecule has 2 N–H and O–H groups in total. The number of carbonyl (C=O) groups excluding carboxylic acids is 2. The number of aromatic amines is 1. The van der Waals surface area contributed by atoms with Crippen molar-refractivity contribution in [2.45, 2.75) is 6.92 Å². The average Bonchev–Trinajstić information content (AvgIpc) is 3.11. The van der Waals surface area contributed by atoms with Gasteiger partial charge in [-0.2, -0.15) is 0 Å². The molecule has 7 heteroatoms. The van der Waals surface area contributed by atoms with E-state index in [0.717, 1.165) is 28.6 Å². The van der Waals surface area contributed by atoms with Crippen molar-refractivity contribution in [2.24, 2.45) is 0 Å². The van der Waals surface area contributed by atoms with E-state index in [2.05, 4.69) is 10.3 Å². The van der Waals surface area contributed by atoms with Gasteiger partial charge in [0, 0.05) is 17.1 Å². The summed E-state index contributed by atoms with van der Waals surface area (Å²) >= 11 is 0. The van der Waals surface area contributed by atoms with Gasteiger partial charge in [-0.25, -0.2) is 8.78 Å². The predicted octanol–water partition coefficient (Wildman–Crippen LogP) is 5.21. The second-order valence-electron chi connectivity index (χ2n) is 6.71. The van der Waals surface area contributed by atoms with Gasteiger partial charge in [0.15, 0.2) is 0 Å². The largest absolute Gasteiger partial charge is 0.428 e. The Morgan fingerprint density at radius 2 is 1.77 bits per heavy atom. The van der Waals surface area contributed by atoms with Crippen molar-refractivity contribution in [1.82, 2.24) is 4.98 Å². The molecule has 0 aliphatic heterocycles. The zero-order chi connectivity index (χ0) is 21.3. The van der Waals surface area contributed by atoms with Crippen LogP contribution >= 0.6 is 0 Å². The molecular formula is C23H16F2N2O3. The SMILES string of the molecule is Cc1c[nH]c2ccc(-c3cc(F)c(NC(=O)c4ccccc4OC=O)c(F)c3)cc12. The molecule has 0 saturated carbocycles. The average molecular weight is 406 g/mol. The van der Waals surface area contributed by atoms with Gasteiger partial charge in [0.1, 0.15) is 23.1 Å². The second kappa shape index (κ2) is 7.79. The van der Waals surface area contributed by atoms with Gasteiger partial charge >= 0.3 is 0 Å². The normalized spacial score (nSPS) is 10.8. The third-order valence-corrected chi connectivity index (χ3v) is 4.81. The smallest absolute Gasteiger partial charge is 0.298 e. The van der Waals surface area contributed by atoms with Crippen LogP contribution in [0.4, 0.5) is 14.5 Å². The minimum atomic E-state index is -0.918. The van der Waals surface area contributed by atoms with E-state index in [1.165, 1.54) is 12.1 Å². The molecule has 0 radical (unpaired) electrons. The highest BCUT2D eigenvalue weighted by Gasteiger charge is 2.18. The van der Waals surface area contributed by atoms with Crippen molar-refractivity contribution in [3.8, 4) is 16.9 Å². The summed E-state index contributed by atoms with van der Waals surface area (Å²) in [5.74, 6) is -2.66. The number of benzene rings is 3. The van der Waals surface area contributed by atoms with E-state index in [4.69, 9.17) is 4.74 Å². The Kier molecular flexibility index (Phi) is 5.02. The number of aryl methyl sites for hydroxylation is 1. The summed E-state index contributed by atoms with van der Waals surface area (Å²) in [5.41, 5.74) is 2.33. The van der Waals surface area contributed by atoms with Gasteiger partial charge in [0.25, 0.3) is 12.4 Å². The van der Waals surface area contributed by atoms with Gasteiger partial charge in [0.2, 0.25) is 0 Å². The number of rotatable bonds is 5. The Labute approximate surface area is 170 Å². The number of H-pyrrole nitrogens is 1. The summed E-state index contributed by atoms with van der Waals surface area (Å²) in [6.45, 7) is 2.11. The van der Waals surface area contributed by atoms with Crippen LogP contribution in [0.5, 0.6) is 5.75 Å². The number of ether oxygens (including phenoxy) is 1. The monoisotopic (exact) mass is 406 g/mol. The van der Waals surface area contributed by atoms with Crippen LogP contribution in [0, 0.1) is 18.6 Å². The van der Waals surface area contributed by atoms with Crippen molar-refractivity contribution in [1.29, 1.82) is 0 Å². The van der Waals surface area contributed by atoms with Crippen LogP contribution in [0.25, 0.3) is 22.0 Å². The summed E-state index contributed by atoms with van der Waals surface area (Å²) in [5, 5.41) is 3.17. The maximum Gasteiger partial charge on any atom is 0.298 e. The topological polar surface area (TPSA) is 71.2 Å². The third-order valence-electron chi connectivity index (χ3n) is 4.81. The molecule has 5 nitrogen and oxygen atoms in total. The lowest BCUT2D eigenvalue weighted by atomic mass is 10.0. The van der Waals surface area contributed by atoms with Crippen LogP contribution in [0.3, 0.4) is 0 Å². The quantitative estimate of drug-likeness (QED) is 0.447. The summed E-state index contributed by atoms with van der Waals surface area (Å²) in [4.78, 5) is 26.2. The standard InChI is InChI=1S/C23H16F2N2O3/c1-13-11-26-20-7-6-14(8-17(13)20)15-9-18(24)22(19(25)10-15)27-23(29)16-4-2-3-5-21(16)30-12-28/h2-12,26H,1H3,(H,27,29). The molecule has 0 spiro atoms. The predicted molar refractivity (Wildman–Crippen MR) is 109 cm³/mol. The number of hydrogen-bond acceptors (Lipinski definition) is 3. The lowest BCUT2D eigenvalue weighted by Gasteiger charge is -2.12. The van der Waals surface area contributed by atoms with E-state index in [1.54, 1.807) is 18.2 Å². The van der Waals surface area contributed by atoms with E-state index in [0.29, 0.717) is 11.1 Å². The molecule has 3 aromatic carbocycles. The molecule has 1 aromatic heterocycles. The van der Waals surface area contributed by atoms with E-state index in [-0.39, 0.29) is 17.8 Å². The zero-order valence-electron chi connectivity index (χ0n) is 15.8. The molecule has 0 aliphatic carbocycles. The minimum Gasteiger partial charge on any atom is -0.428 e. The summed E-state index contributed by atoms with van der Waals surface area (Å²) in [6.07, 6.45) is 1.86. The summed E-state index contributed by atoms with van der Waals surface area (Å²) < 4.78 is 34.2. The number of halogens is 2. The number of fused-ring (bicyclic) bond motifs is 1. The molecule has 30 heavy (non-hydrogen) atoms. The number of hydrogen-bond donors (Lipinski definition) is 2. The van der Waals surface area contributed by atoms with Crippen LogP contribution in [0.1, 0.15) is 15.9 Å². The Morgan fingerprint density at radius 3 is 2.50 bits per heavy atom. The first kappa shape index (κ1) is 19.3. The highest BCUT2D eigenvalue weighted by Crippen LogP contribution is 2.31. The molecule has 150 valence electrons. The molecule has 0 fully saturated rings. The Hall–Kier alpha value is -4.00. The molecule has 0 bridgehead atoms. The Morgan fingerprint density at radius 1 is 1.03 bits per heavy atom. The lowest BCUT2D eigenvalue weighted by molar-refractivity contribution is -0.120. The van der Waals surface area contributed by atoms with Crippen molar-refractivity contribution in [2.75, 3.05) is 5.32 Å². The fraction of sp³-hybridized carbons (Fsp3) is 0.0435. The molecule has 0 saturated heterocycles. The van der Waals surface area contributed by atoms with Gasteiger partial charge < -0.3 is 15.0 Å². The number of para-hydroxylation sites is 1. The van der Waals surface area contributed by atoms with Crippen LogP contribution < -0.4 is 10.1 Å². The number of anilines is 1. The maximum absolute atomic E-state index is 14.7. The third kappa shape index (κ3) is 3.53. The summed E-state index contributed by atoms with van der Waals surface area (Å²) in [7, 11) is 0. The molecule has 0 atom stereocenters. The lowest BCUT2D eigenvalue weighted by Crippen LogP contribution is -2.15. The first-order valence-electron chi connectivity index (χ1n) is 9.06. The van der Waals surface area contributed by atoms with Gasteiger partial charge in [0.05, 0.1) is 5.56 Å². The van der Waals surface area contributed by atoms with Gasteiger partial charge in [-0.15, -0.1) is 0 Å². The van der Waals surface area contributed by atoms with Gasteiger partial charge in [-0.05, 0) is 60.0 Å². The zero-order valence-corrected chi connectivity index (χ0v) is 15.8. The van der Waals surface area contributed by atoms with Crippen molar-refractivity contribution >= 4 is 29.0 Å². The second-order valence-corrected chi connectivity index (χ2v) is 6.71. The number of aromatic nitrogens is 1. The van der Waals surface area contributed by atoms with Crippen molar-refractivity contribution in [3.63, 3.8) is 0 Å². The molecule has 1 heterocycles. The van der Waals surface area contributed by atoms with E-state index >= 15 is 0 Å². The minimum absolute atomic E-state index is 0.0161. The first-order chi connectivity index (χ1) is 14.5. The summed E-state index contributed by atoms with van der Waals surface area (Å²) in [6, 6.07) is 13.7. The molecule has 1 amide bonds. The molecule has 4 aromatic rings.